The summed E-state index contributed by atoms with van der Waals surface area (Å²) in [6.45, 7) is 0. The average molecular weight is 463 g/mol. The van der Waals surface area contributed by atoms with Crippen LogP contribution in [0.4, 0.5) is 4.79 Å². The predicted molar refractivity (Wildman–Crippen MR) is 120 cm³/mol. The van der Waals surface area contributed by atoms with Crippen molar-refractivity contribution in [3.63, 3.8) is 0 Å². The van der Waals surface area contributed by atoms with Crippen molar-refractivity contribution in [3.05, 3.63) is 50.1 Å². The van der Waals surface area contributed by atoms with Gasteiger partial charge >= 0.3 is 6.03 Å². The van der Waals surface area contributed by atoms with Gasteiger partial charge in [-0.15, -0.1) is 11.3 Å². The average Bonchev–Trinajstić information content (AvgIpc) is 3.11. The largest absolute Gasteiger partial charge is 0.341 e. The molecule has 0 saturated carbocycles. The number of aryl methyl sites for hydroxylation is 2. The molecule has 30 heavy (non-hydrogen) atoms. The van der Waals surface area contributed by atoms with Crippen LogP contribution < -0.4 is 16.2 Å². The second-order valence-corrected chi connectivity index (χ2v) is 9.28. The van der Waals surface area contributed by atoms with Gasteiger partial charge in [0, 0.05) is 16.9 Å². The molecule has 0 spiro atoms. The topological polar surface area (TPSA) is 93.1 Å². The van der Waals surface area contributed by atoms with E-state index in [4.69, 9.17) is 16.6 Å². The summed E-state index contributed by atoms with van der Waals surface area (Å²) in [5, 5.41) is 6.19. The summed E-state index contributed by atoms with van der Waals surface area (Å²) in [5.41, 5.74) is 1.59. The van der Waals surface area contributed by atoms with Crippen LogP contribution in [-0.2, 0) is 17.6 Å². The second-order valence-electron chi connectivity index (χ2n) is 6.82. The Bertz CT molecular complexity index is 1190. The summed E-state index contributed by atoms with van der Waals surface area (Å²) < 4.78 is 1.53. The molecule has 1 aliphatic rings. The van der Waals surface area contributed by atoms with Crippen molar-refractivity contribution in [1.82, 2.24) is 20.2 Å². The van der Waals surface area contributed by atoms with Crippen molar-refractivity contribution in [2.24, 2.45) is 0 Å². The van der Waals surface area contributed by atoms with Gasteiger partial charge < -0.3 is 5.32 Å². The number of nitrogens with zero attached hydrogens (tertiary/aromatic N) is 2. The minimum Gasteiger partial charge on any atom is -0.341 e. The highest BCUT2D eigenvalue weighted by atomic mass is 35.5. The Morgan fingerprint density at radius 2 is 1.97 bits per heavy atom. The Balaban J connectivity index is 1.80. The van der Waals surface area contributed by atoms with Gasteiger partial charge in [-0.3, -0.25) is 19.5 Å². The molecule has 0 bridgehead atoms. The van der Waals surface area contributed by atoms with E-state index < -0.39 is 11.9 Å². The molecule has 2 heterocycles. The van der Waals surface area contributed by atoms with E-state index in [-0.39, 0.29) is 11.3 Å². The number of aromatic nitrogens is 2. The van der Waals surface area contributed by atoms with Crippen LogP contribution in [0.2, 0.25) is 5.02 Å². The number of imide groups is 1. The van der Waals surface area contributed by atoms with E-state index >= 15 is 0 Å². The van der Waals surface area contributed by atoms with Crippen molar-refractivity contribution in [2.75, 3.05) is 12.8 Å². The van der Waals surface area contributed by atoms with E-state index in [0.717, 1.165) is 43.0 Å². The number of hydrogen-bond donors (Lipinski definition) is 2. The number of hydrogen-bond acceptors (Lipinski definition) is 6. The van der Waals surface area contributed by atoms with Gasteiger partial charge in [-0.05, 0) is 55.5 Å². The maximum Gasteiger partial charge on any atom is 0.321 e. The van der Waals surface area contributed by atoms with Crippen molar-refractivity contribution < 1.29 is 9.59 Å². The summed E-state index contributed by atoms with van der Waals surface area (Å²) in [4.78, 5) is 43.6. The number of halogens is 1. The lowest BCUT2D eigenvalue weighted by Gasteiger charge is -2.13. The molecule has 3 aromatic rings. The predicted octanol–water partition coefficient (Wildman–Crippen LogP) is 3.53. The number of thiophene rings is 1. The van der Waals surface area contributed by atoms with Crippen LogP contribution in [0.5, 0.6) is 0 Å². The molecular formula is C20H19ClN4O3S2. The van der Waals surface area contributed by atoms with Crippen LogP contribution in [0.25, 0.3) is 15.9 Å². The zero-order valence-electron chi connectivity index (χ0n) is 16.2. The third-order valence-electron chi connectivity index (χ3n) is 4.86. The number of fused-ring (bicyclic) bond motifs is 3. The molecule has 1 aliphatic carbocycles. The van der Waals surface area contributed by atoms with Gasteiger partial charge in [0.15, 0.2) is 5.16 Å². The summed E-state index contributed by atoms with van der Waals surface area (Å²) >= 11 is 8.69. The fourth-order valence-corrected chi connectivity index (χ4v) is 5.70. The highest BCUT2D eigenvalue weighted by Crippen LogP contribution is 2.35. The fraction of sp³-hybridized carbons (Fsp3) is 0.300. The van der Waals surface area contributed by atoms with E-state index in [1.165, 1.54) is 16.5 Å². The standard InChI is InChI=1S/C20H19ClN4O3S2/c1-22-19(28)23-15(26)10-29-20-24-17-16(13-4-2-3-5-14(13)30-17)18(27)25(20)12-8-6-11(21)7-9-12/h6-9H,2-5,10H2,1H3,(H2,22,23,26,28). The monoisotopic (exact) mass is 462 g/mol. The molecule has 2 N–H and O–H groups in total. The smallest absolute Gasteiger partial charge is 0.321 e. The van der Waals surface area contributed by atoms with E-state index in [1.807, 2.05) is 0 Å². The van der Waals surface area contributed by atoms with Gasteiger partial charge in [-0.2, -0.15) is 0 Å². The zero-order chi connectivity index (χ0) is 21.3. The Hall–Kier alpha value is -2.36. The van der Waals surface area contributed by atoms with Crippen molar-refractivity contribution in [3.8, 4) is 5.69 Å². The van der Waals surface area contributed by atoms with Crippen molar-refractivity contribution in [2.45, 2.75) is 30.8 Å². The lowest BCUT2D eigenvalue weighted by Crippen LogP contribution is -2.38. The summed E-state index contributed by atoms with van der Waals surface area (Å²) in [7, 11) is 1.43. The zero-order valence-corrected chi connectivity index (χ0v) is 18.5. The van der Waals surface area contributed by atoms with Crippen LogP contribution in [0, 0.1) is 0 Å². The van der Waals surface area contributed by atoms with Gasteiger partial charge in [0.05, 0.1) is 16.8 Å². The number of amides is 3. The highest BCUT2D eigenvalue weighted by molar-refractivity contribution is 7.99. The van der Waals surface area contributed by atoms with E-state index in [0.29, 0.717) is 26.1 Å². The molecule has 0 atom stereocenters. The SMILES string of the molecule is CNC(=O)NC(=O)CSc1nc2sc3c(c2c(=O)n1-c1ccc(Cl)cc1)CCCC3. The summed E-state index contributed by atoms with van der Waals surface area (Å²) in [5.74, 6) is -0.522. The number of benzene rings is 1. The second kappa shape index (κ2) is 8.79. The number of urea groups is 1. The molecule has 4 rings (SSSR count). The highest BCUT2D eigenvalue weighted by Gasteiger charge is 2.23. The third kappa shape index (κ3) is 4.10. The molecular weight excluding hydrogens is 444 g/mol. The molecule has 0 fully saturated rings. The Morgan fingerprint density at radius 3 is 2.70 bits per heavy atom. The number of nitrogens with one attached hydrogen (secondary N) is 2. The lowest BCUT2D eigenvalue weighted by molar-refractivity contribution is -0.117. The quantitative estimate of drug-likeness (QED) is 0.457. The molecule has 7 nitrogen and oxygen atoms in total. The minimum absolute atomic E-state index is 0.0515. The van der Waals surface area contributed by atoms with Gasteiger partial charge in [0.25, 0.3) is 5.56 Å². The first-order chi connectivity index (χ1) is 14.5. The van der Waals surface area contributed by atoms with Gasteiger partial charge in [-0.1, -0.05) is 23.4 Å². The first-order valence-corrected chi connectivity index (χ1v) is 11.6. The molecule has 156 valence electrons. The molecule has 2 aromatic heterocycles. The first-order valence-electron chi connectivity index (χ1n) is 9.45. The van der Waals surface area contributed by atoms with Crippen LogP contribution in [0.3, 0.4) is 0 Å². The molecule has 3 amide bonds. The normalized spacial score (nSPS) is 13.1. The fourth-order valence-electron chi connectivity index (χ4n) is 3.46. The van der Waals surface area contributed by atoms with E-state index in [9.17, 15) is 14.4 Å². The molecule has 0 unspecified atom stereocenters. The minimum atomic E-state index is -0.579. The molecule has 0 aliphatic heterocycles. The van der Waals surface area contributed by atoms with Crippen molar-refractivity contribution in [1.29, 1.82) is 0 Å². The van der Waals surface area contributed by atoms with Crippen LogP contribution >= 0.6 is 34.7 Å². The number of thioether (sulfide) groups is 1. The van der Waals surface area contributed by atoms with Crippen LogP contribution in [0.15, 0.2) is 34.2 Å². The van der Waals surface area contributed by atoms with Gasteiger partial charge in [-0.25, -0.2) is 9.78 Å². The first kappa shape index (κ1) is 20.9. The molecule has 1 aromatic carbocycles. The van der Waals surface area contributed by atoms with Crippen molar-refractivity contribution >= 4 is 56.9 Å². The summed E-state index contributed by atoms with van der Waals surface area (Å²) in [6, 6.07) is 6.35. The van der Waals surface area contributed by atoms with Gasteiger partial charge in [0.2, 0.25) is 5.91 Å². The van der Waals surface area contributed by atoms with Crippen LogP contribution in [-0.4, -0.2) is 34.3 Å². The lowest BCUT2D eigenvalue weighted by atomic mass is 9.97. The number of carbonyl (C=O) groups excluding carboxylic acids is 2. The Morgan fingerprint density at radius 1 is 1.23 bits per heavy atom. The van der Waals surface area contributed by atoms with E-state index in [2.05, 4.69) is 10.6 Å². The number of carbonyl (C=O) groups is 2. The maximum absolute atomic E-state index is 13.6. The molecule has 0 saturated heterocycles. The molecule has 10 heteroatoms. The maximum atomic E-state index is 13.6. The van der Waals surface area contributed by atoms with E-state index in [1.54, 1.807) is 35.6 Å². The third-order valence-corrected chi connectivity index (χ3v) is 7.23. The van der Waals surface area contributed by atoms with Crippen LogP contribution in [0.1, 0.15) is 23.3 Å². The summed E-state index contributed by atoms with van der Waals surface area (Å²) in [6.07, 6.45) is 4.03. The molecule has 0 radical (unpaired) electrons. The van der Waals surface area contributed by atoms with Gasteiger partial charge in [0.1, 0.15) is 4.83 Å². The Kier molecular flexibility index (Phi) is 6.12. The number of rotatable bonds is 4. The Labute approximate surface area is 185 Å².